The Hall–Kier alpha value is -1.48. The maximum absolute atomic E-state index is 5.85. The summed E-state index contributed by atoms with van der Waals surface area (Å²) in [5.41, 5.74) is 8.49. The molecule has 3 nitrogen and oxygen atoms in total. The predicted molar refractivity (Wildman–Crippen MR) is 58.7 cm³/mol. The summed E-state index contributed by atoms with van der Waals surface area (Å²) < 4.78 is 0. The van der Waals surface area contributed by atoms with Crippen LogP contribution in [0, 0.1) is 0 Å². The van der Waals surface area contributed by atoms with Gasteiger partial charge in [-0.05, 0) is 19.4 Å². The third-order valence-corrected chi connectivity index (χ3v) is 2.20. The Morgan fingerprint density at radius 2 is 1.79 bits per heavy atom. The Kier molecular flexibility index (Phi) is 3.54. The van der Waals surface area contributed by atoms with E-state index in [1.807, 2.05) is 44.2 Å². The number of nitrogens with two attached hydrogens (primary N) is 2. The monoisotopic (exact) mass is 191 g/mol. The van der Waals surface area contributed by atoms with Crippen LogP contribution in [0.5, 0.6) is 0 Å². The molecule has 0 aromatic heterocycles. The highest BCUT2D eigenvalue weighted by Gasteiger charge is 2.02. The van der Waals surface area contributed by atoms with E-state index in [1.54, 1.807) is 5.01 Å². The fraction of sp³-hybridized carbons (Fsp3) is 0.273. The minimum atomic E-state index is 0.682. The minimum Gasteiger partial charge on any atom is -0.401 e. The quantitative estimate of drug-likeness (QED) is 0.563. The molecule has 0 atom stereocenters. The highest BCUT2D eigenvalue weighted by atomic mass is 15.4. The van der Waals surface area contributed by atoms with Gasteiger partial charge in [0.2, 0.25) is 0 Å². The normalized spacial score (nSPS) is 12.2. The summed E-state index contributed by atoms with van der Waals surface area (Å²) in [7, 11) is 0. The molecule has 0 unspecified atom stereocenters. The summed E-state index contributed by atoms with van der Waals surface area (Å²) in [5, 5.41) is 1.66. The van der Waals surface area contributed by atoms with E-state index < -0.39 is 0 Å². The average molecular weight is 191 g/mol. The summed E-state index contributed by atoms with van der Waals surface area (Å²) in [6.45, 7) is 4.44. The summed E-state index contributed by atoms with van der Waals surface area (Å²) in [6.07, 6.45) is 0. The number of benzene rings is 1. The Morgan fingerprint density at radius 3 is 2.29 bits per heavy atom. The van der Waals surface area contributed by atoms with Crippen LogP contribution >= 0.6 is 0 Å². The van der Waals surface area contributed by atoms with Crippen LogP contribution in [0.2, 0.25) is 0 Å². The van der Waals surface area contributed by atoms with Crippen molar-refractivity contribution in [2.45, 2.75) is 20.4 Å². The number of hydrogen-bond donors (Lipinski definition) is 2. The molecular formula is C11H17N3. The van der Waals surface area contributed by atoms with Crippen molar-refractivity contribution in [3.05, 3.63) is 47.3 Å². The predicted octanol–water partition coefficient (Wildman–Crippen LogP) is 1.57. The van der Waals surface area contributed by atoms with Gasteiger partial charge in [0.05, 0.1) is 6.54 Å². The fourth-order valence-corrected chi connectivity index (χ4v) is 1.13. The van der Waals surface area contributed by atoms with E-state index in [-0.39, 0.29) is 0 Å². The second-order valence-electron chi connectivity index (χ2n) is 3.38. The largest absolute Gasteiger partial charge is 0.401 e. The van der Waals surface area contributed by atoms with E-state index in [2.05, 4.69) is 0 Å². The molecule has 1 aromatic rings. The van der Waals surface area contributed by atoms with Gasteiger partial charge in [-0.15, -0.1) is 0 Å². The molecule has 0 radical (unpaired) electrons. The SMILES string of the molecule is C/C(N)=C(\C)N(N)Cc1ccccc1. The van der Waals surface area contributed by atoms with Crippen LogP contribution < -0.4 is 11.6 Å². The van der Waals surface area contributed by atoms with Gasteiger partial charge in [-0.25, -0.2) is 5.84 Å². The van der Waals surface area contributed by atoms with Gasteiger partial charge in [0, 0.05) is 11.4 Å². The van der Waals surface area contributed by atoms with Gasteiger partial charge >= 0.3 is 0 Å². The van der Waals surface area contributed by atoms with Crippen LogP contribution in [0.15, 0.2) is 41.7 Å². The zero-order valence-electron chi connectivity index (χ0n) is 8.70. The van der Waals surface area contributed by atoms with E-state index in [0.29, 0.717) is 6.54 Å². The number of hydrazine groups is 1. The zero-order chi connectivity index (χ0) is 10.6. The lowest BCUT2D eigenvalue weighted by molar-refractivity contribution is 0.348. The molecule has 0 saturated carbocycles. The summed E-state index contributed by atoms with van der Waals surface area (Å²) >= 11 is 0. The standard InChI is InChI=1S/C11H17N3/c1-9(12)10(2)14(13)8-11-6-4-3-5-7-11/h3-7H,8,12-13H2,1-2H3/b10-9-. The molecule has 1 aromatic carbocycles. The Balaban J connectivity index is 2.67. The van der Waals surface area contributed by atoms with E-state index in [1.165, 1.54) is 5.56 Å². The van der Waals surface area contributed by atoms with Crippen molar-refractivity contribution in [1.82, 2.24) is 5.01 Å². The summed E-state index contributed by atoms with van der Waals surface area (Å²) in [6, 6.07) is 10.1. The first-order chi connectivity index (χ1) is 6.61. The van der Waals surface area contributed by atoms with Crippen molar-refractivity contribution in [3.8, 4) is 0 Å². The smallest absolute Gasteiger partial charge is 0.0589 e. The summed E-state index contributed by atoms with van der Waals surface area (Å²) in [5.74, 6) is 5.85. The van der Waals surface area contributed by atoms with Crippen LogP contribution in [0.4, 0.5) is 0 Å². The van der Waals surface area contributed by atoms with Gasteiger partial charge in [-0.2, -0.15) is 0 Å². The van der Waals surface area contributed by atoms with Gasteiger partial charge in [-0.1, -0.05) is 30.3 Å². The van der Waals surface area contributed by atoms with Crippen molar-refractivity contribution in [2.24, 2.45) is 11.6 Å². The lowest BCUT2D eigenvalue weighted by atomic mass is 10.2. The molecule has 0 aliphatic rings. The second kappa shape index (κ2) is 4.67. The molecule has 0 fully saturated rings. The lowest BCUT2D eigenvalue weighted by Gasteiger charge is -2.20. The van der Waals surface area contributed by atoms with E-state index in [4.69, 9.17) is 11.6 Å². The van der Waals surface area contributed by atoms with Crippen LogP contribution in [0.25, 0.3) is 0 Å². The first kappa shape index (κ1) is 10.6. The third-order valence-electron chi connectivity index (χ3n) is 2.20. The molecule has 0 aliphatic heterocycles. The molecule has 14 heavy (non-hydrogen) atoms. The Bertz CT molecular complexity index is 313. The molecule has 0 aliphatic carbocycles. The van der Waals surface area contributed by atoms with Crippen molar-refractivity contribution in [1.29, 1.82) is 0 Å². The number of allylic oxidation sites excluding steroid dienone is 2. The maximum atomic E-state index is 5.85. The first-order valence-electron chi connectivity index (χ1n) is 4.60. The van der Waals surface area contributed by atoms with E-state index in [0.717, 1.165) is 11.4 Å². The molecule has 76 valence electrons. The van der Waals surface area contributed by atoms with Gasteiger partial charge < -0.3 is 10.7 Å². The molecular weight excluding hydrogens is 174 g/mol. The van der Waals surface area contributed by atoms with Crippen LogP contribution in [-0.4, -0.2) is 5.01 Å². The van der Waals surface area contributed by atoms with Gasteiger partial charge in [0.15, 0.2) is 0 Å². The maximum Gasteiger partial charge on any atom is 0.0589 e. The minimum absolute atomic E-state index is 0.682. The van der Waals surface area contributed by atoms with Gasteiger partial charge in [0.25, 0.3) is 0 Å². The topological polar surface area (TPSA) is 55.3 Å². The number of hydrogen-bond acceptors (Lipinski definition) is 3. The molecule has 0 bridgehead atoms. The van der Waals surface area contributed by atoms with Crippen molar-refractivity contribution in [3.63, 3.8) is 0 Å². The Morgan fingerprint density at radius 1 is 1.21 bits per heavy atom. The van der Waals surface area contributed by atoms with Crippen molar-refractivity contribution >= 4 is 0 Å². The first-order valence-corrected chi connectivity index (χ1v) is 4.60. The number of rotatable bonds is 3. The average Bonchev–Trinajstić information content (AvgIpc) is 2.18. The van der Waals surface area contributed by atoms with Crippen molar-refractivity contribution < 1.29 is 0 Å². The third kappa shape index (κ3) is 2.78. The van der Waals surface area contributed by atoms with E-state index in [9.17, 15) is 0 Å². The second-order valence-corrected chi connectivity index (χ2v) is 3.38. The lowest BCUT2D eigenvalue weighted by Crippen LogP contribution is -2.30. The molecule has 0 amide bonds. The van der Waals surface area contributed by atoms with Gasteiger partial charge in [-0.3, -0.25) is 0 Å². The van der Waals surface area contributed by atoms with Crippen LogP contribution in [0.1, 0.15) is 19.4 Å². The zero-order valence-corrected chi connectivity index (χ0v) is 8.70. The molecule has 0 heterocycles. The molecule has 1 rings (SSSR count). The van der Waals surface area contributed by atoms with Crippen LogP contribution in [-0.2, 0) is 6.54 Å². The number of nitrogens with zero attached hydrogens (tertiary/aromatic N) is 1. The molecule has 0 saturated heterocycles. The molecule has 4 N–H and O–H groups in total. The fourth-order valence-electron chi connectivity index (χ4n) is 1.13. The van der Waals surface area contributed by atoms with E-state index >= 15 is 0 Å². The summed E-state index contributed by atoms with van der Waals surface area (Å²) in [4.78, 5) is 0. The molecule has 0 spiro atoms. The highest BCUT2D eigenvalue weighted by Crippen LogP contribution is 2.07. The van der Waals surface area contributed by atoms with Crippen LogP contribution in [0.3, 0.4) is 0 Å². The molecule has 3 heteroatoms. The van der Waals surface area contributed by atoms with Gasteiger partial charge in [0.1, 0.15) is 0 Å². The highest BCUT2D eigenvalue weighted by molar-refractivity contribution is 5.16. The Labute approximate surface area is 85.0 Å². The van der Waals surface area contributed by atoms with Crippen molar-refractivity contribution in [2.75, 3.05) is 0 Å².